The smallest absolute Gasteiger partial charge is 0.269 e. The molecule has 4 rings (SSSR count). The van der Waals surface area contributed by atoms with E-state index >= 15 is 0 Å². The maximum absolute atomic E-state index is 12.3. The molecule has 0 bridgehead atoms. The second kappa shape index (κ2) is 9.80. The molecule has 1 fully saturated rings. The fraction of sp³-hybridized carbons (Fsp3) is 0.174. The number of nitrogens with one attached hydrogen (secondary N) is 1. The standard InChI is InChI=1S/C23H21N5O4/c29-23(11-6-17-4-7-20(8-5-17)28(30)31)24-19-3-1-2-18(16-19)21-9-10-22(26-25-21)27-12-14-32-15-13-27/h1-11,16H,12-15H2,(H,24,29)/b11-6+. The summed E-state index contributed by atoms with van der Waals surface area (Å²) in [6.07, 6.45) is 2.98. The summed E-state index contributed by atoms with van der Waals surface area (Å²) in [5.74, 6) is 0.507. The Labute approximate surface area is 184 Å². The van der Waals surface area contributed by atoms with Crippen LogP contribution < -0.4 is 10.2 Å². The maximum atomic E-state index is 12.3. The molecule has 0 unspecified atom stereocenters. The first-order valence-electron chi connectivity index (χ1n) is 10.1. The number of benzene rings is 2. The van der Waals surface area contributed by atoms with Crippen molar-refractivity contribution in [1.82, 2.24) is 10.2 Å². The number of carbonyl (C=O) groups excluding carboxylic acids is 1. The molecule has 2 aromatic carbocycles. The normalized spacial score (nSPS) is 13.8. The number of aromatic nitrogens is 2. The van der Waals surface area contributed by atoms with E-state index in [2.05, 4.69) is 20.4 Å². The molecule has 1 N–H and O–H groups in total. The summed E-state index contributed by atoms with van der Waals surface area (Å²) >= 11 is 0. The average molecular weight is 431 g/mol. The molecule has 9 nitrogen and oxygen atoms in total. The zero-order valence-corrected chi connectivity index (χ0v) is 17.2. The molecule has 0 saturated carbocycles. The molecule has 0 atom stereocenters. The SMILES string of the molecule is O=C(/C=C/c1ccc([N+](=O)[O-])cc1)Nc1cccc(-c2ccc(N3CCOCC3)nn2)c1. The number of hydrogen-bond acceptors (Lipinski definition) is 7. The Kier molecular flexibility index (Phi) is 6.47. The number of rotatable bonds is 6. The van der Waals surface area contributed by atoms with Crippen LogP contribution in [0.3, 0.4) is 0 Å². The third kappa shape index (κ3) is 5.32. The molecule has 0 radical (unpaired) electrons. The Morgan fingerprint density at radius 3 is 2.53 bits per heavy atom. The number of hydrogen-bond donors (Lipinski definition) is 1. The third-order valence-corrected chi connectivity index (χ3v) is 4.94. The van der Waals surface area contributed by atoms with Gasteiger partial charge in [-0.3, -0.25) is 14.9 Å². The van der Waals surface area contributed by atoms with Gasteiger partial charge >= 0.3 is 0 Å². The monoisotopic (exact) mass is 431 g/mol. The van der Waals surface area contributed by atoms with E-state index in [-0.39, 0.29) is 11.6 Å². The fourth-order valence-corrected chi connectivity index (χ4v) is 3.26. The Balaban J connectivity index is 1.40. The van der Waals surface area contributed by atoms with Gasteiger partial charge in [0.2, 0.25) is 5.91 Å². The molecule has 1 aliphatic rings. The first kappa shape index (κ1) is 21.1. The summed E-state index contributed by atoms with van der Waals surface area (Å²) < 4.78 is 5.36. The number of nitro benzene ring substituents is 1. The van der Waals surface area contributed by atoms with E-state index in [4.69, 9.17) is 4.74 Å². The first-order valence-corrected chi connectivity index (χ1v) is 10.1. The number of morpholine rings is 1. The lowest BCUT2D eigenvalue weighted by Crippen LogP contribution is -2.36. The summed E-state index contributed by atoms with van der Waals surface area (Å²) in [6, 6.07) is 17.2. The lowest BCUT2D eigenvalue weighted by atomic mass is 10.1. The van der Waals surface area contributed by atoms with Crippen molar-refractivity contribution in [2.45, 2.75) is 0 Å². The minimum absolute atomic E-state index is 0.00416. The van der Waals surface area contributed by atoms with Gasteiger partial charge in [0.15, 0.2) is 5.82 Å². The lowest BCUT2D eigenvalue weighted by molar-refractivity contribution is -0.384. The number of amides is 1. The van der Waals surface area contributed by atoms with Crippen LogP contribution >= 0.6 is 0 Å². The Morgan fingerprint density at radius 1 is 1.06 bits per heavy atom. The summed E-state index contributed by atoms with van der Waals surface area (Å²) in [5.41, 5.74) is 2.86. The van der Waals surface area contributed by atoms with Gasteiger partial charge in [0, 0.05) is 42.5 Å². The van der Waals surface area contributed by atoms with Crippen molar-refractivity contribution in [2.75, 3.05) is 36.5 Å². The lowest BCUT2D eigenvalue weighted by Gasteiger charge is -2.27. The van der Waals surface area contributed by atoms with Gasteiger partial charge in [-0.05, 0) is 48.0 Å². The molecule has 1 saturated heterocycles. The van der Waals surface area contributed by atoms with Gasteiger partial charge in [-0.25, -0.2) is 0 Å². The van der Waals surface area contributed by atoms with Crippen LogP contribution in [0.1, 0.15) is 5.56 Å². The average Bonchev–Trinajstić information content (AvgIpc) is 2.84. The number of non-ortho nitro benzene ring substituents is 1. The zero-order valence-electron chi connectivity index (χ0n) is 17.2. The van der Waals surface area contributed by atoms with E-state index < -0.39 is 4.92 Å². The second-order valence-electron chi connectivity index (χ2n) is 7.13. The maximum Gasteiger partial charge on any atom is 0.269 e. The highest BCUT2D eigenvalue weighted by Crippen LogP contribution is 2.22. The topological polar surface area (TPSA) is 110 Å². The van der Waals surface area contributed by atoms with Crippen molar-refractivity contribution in [3.05, 3.63) is 82.4 Å². The highest BCUT2D eigenvalue weighted by molar-refractivity contribution is 6.02. The van der Waals surface area contributed by atoms with Gasteiger partial charge in [0.1, 0.15) is 0 Å². The molecule has 1 aliphatic heterocycles. The Bertz CT molecular complexity index is 1120. The van der Waals surface area contributed by atoms with Gasteiger partial charge in [-0.15, -0.1) is 10.2 Å². The van der Waals surface area contributed by atoms with Gasteiger partial charge in [-0.2, -0.15) is 0 Å². The molecule has 9 heteroatoms. The van der Waals surface area contributed by atoms with Gasteiger partial charge in [0.25, 0.3) is 5.69 Å². The van der Waals surface area contributed by atoms with Crippen LogP contribution in [0.4, 0.5) is 17.2 Å². The van der Waals surface area contributed by atoms with Crippen molar-refractivity contribution in [2.24, 2.45) is 0 Å². The molecule has 0 aliphatic carbocycles. The van der Waals surface area contributed by atoms with Crippen LogP contribution in [0.15, 0.2) is 66.7 Å². The highest BCUT2D eigenvalue weighted by Gasteiger charge is 2.13. The molecule has 1 aromatic heterocycles. The van der Waals surface area contributed by atoms with Crippen LogP contribution in [-0.4, -0.2) is 47.3 Å². The van der Waals surface area contributed by atoms with Crippen molar-refractivity contribution < 1.29 is 14.5 Å². The Hall–Kier alpha value is -4.11. The van der Waals surface area contributed by atoms with E-state index in [1.807, 2.05) is 30.3 Å². The predicted molar refractivity (Wildman–Crippen MR) is 121 cm³/mol. The minimum Gasteiger partial charge on any atom is -0.378 e. The van der Waals surface area contributed by atoms with Crippen molar-refractivity contribution in [1.29, 1.82) is 0 Å². The van der Waals surface area contributed by atoms with E-state index in [0.717, 1.165) is 24.5 Å². The van der Waals surface area contributed by atoms with Crippen LogP contribution in [-0.2, 0) is 9.53 Å². The van der Waals surface area contributed by atoms with Crippen LogP contribution in [0, 0.1) is 10.1 Å². The largest absolute Gasteiger partial charge is 0.378 e. The predicted octanol–water partition coefficient (Wildman–Crippen LogP) is 3.54. The number of nitro groups is 1. The van der Waals surface area contributed by atoms with Crippen molar-refractivity contribution in [3.63, 3.8) is 0 Å². The number of nitrogens with zero attached hydrogens (tertiary/aromatic N) is 4. The molecule has 0 spiro atoms. The van der Waals surface area contributed by atoms with Crippen LogP contribution in [0.2, 0.25) is 0 Å². The number of ether oxygens (including phenoxy) is 1. The van der Waals surface area contributed by atoms with Crippen molar-refractivity contribution >= 4 is 29.2 Å². The summed E-state index contributed by atoms with van der Waals surface area (Å²) in [7, 11) is 0. The van der Waals surface area contributed by atoms with E-state index in [1.54, 1.807) is 24.3 Å². The highest BCUT2D eigenvalue weighted by atomic mass is 16.6. The van der Waals surface area contributed by atoms with Crippen LogP contribution in [0.5, 0.6) is 0 Å². The molecular formula is C23H21N5O4. The first-order chi connectivity index (χ1) is 15.6. The summed E-state index contributed by atoms with van der Waals surface area (Å²) in [5, 5.41) is 22.2. The Morgan fingerprint density at radius 2 is 1.84 bits per heavy atom. The molecule has 162 valence electrons. The van der Waals surface area contributed by atoms with Crippen LogP contribution in [0.25, 0.3) is 17.3 Å². The molecule has 32 heavy (non-hydrogen) atoms. The second-order valence-corrected chi connectivity index (χ2v) is 7.13. The molecule has 1 amide bonds. The fourth-order valence-electron chi connectivity index (χ4n) is 3.26. The minimum atomic E-state index is -0.465. The quantitative estimate of drug-likeness (QED) is 0.361. The molecular weight excluding hydrogens is 410 g/mol. The van der Waals surface area contributed by atoms with E-state index in [0.29, 0.717) is 30.2 Å². The van der Waals surface area contributed by atoms with E-state index in [1.165, 1.54) is 18.2 Å². The summed E-state index contributed by atoms with van der Waals surface area (Å²) in [6.45, 7) is 2.96. The van der Waals surface area contributed by atoms with Crippen molar-refractivity contribution in [3.8, 4) is 11.3 Å². The molecule has 2 heterocycles. The molecule has 3 aromatic rings. The number of carbonyl (C=O) groups is 1. The van der Waals surface area contributed by atoms with Gasteiger partial charge in [0.05, 0.1) is 23.8 Å². The summed E-state index contributed by atoms with van der Waals surface area (Å²) in [4.78, 5) is 24.7. The van der Waals surface area contributed by atoms with E-state index in [9.17, 15) is 14.9 Å². The number of anilines is 2. The van der Waals surface area contributed by atoms with Gasteiger partial charge < -0.3 is 15.0 Å². The zero-order chi connectivity index (χ0) is 22.3. The third-order valence-electron chi connectivity index (χ3n) is 4.94. The van der Waals surface area contributed by atoms with Gasteiger partial charge in [-0.1, -0.05) is 12.1 Å².